The minimum atomic E-state index is -5.11. The fraction of sp³-hybridized carbons (Fsp3) is 0.385. The first-order valence-electron chi connectivity index (χ1n) is 7.02. The first-order valence-corrected chi connectivity index (χ1v) is 7.02. The van der Waals surface area contributed by atoms with Crippen LogP contribution in [0.25, 0.3) is 0 Å². The Morgan fingerprint density at radius 1 is 1.07 bits per heavy atom. The number of nitrogens with one attached hydrogen (secondary N) is 3. The highest BCUT2D eigenvalue weighted by atomic mass is 19.4. The Morgan fingerprint density at radius 2 is 1.59 bits per heavy atom. The molecule has 1 aliphatic rings. The first kappa shape index (κ1) is 20.7. The number of carbonyl (C=O) groups is 2. The van der Waals surface area contributed by atoms with Crippen molar-refractivity contribution in [3.8, 4) is 0 Å². The number of alkyl halides is 6. The van der Waals surface area contributed by atoms with E-state index in [2.05, 4.69) is 21.1 Å². The summed E-state index contributed by atoms with van der Waals surface area (Å²) in [7, 11) is 0.954. The van der Waals surface area contributed by atoms with E-state index in [1.54, 1.807) is 0 Å². The highest BCUT2D eigenvalue weighted by molar-refractivity contribution is 5.75. The van der Waals surface area contributed by atoms with Crippen molar-refractivity contribution in [2.24, 2.45) is 0 Å². The Bertz CT molecular complexity index is 706. The van der Waals surface area contributed by atoms with Gasteiger partial charge < -0.3 is 9.84 Å². The second-order valence-corrected chi connectivity index (χ2v) is 5.32. The molecular formula is C13H12F6N4O4. The third kappa shape index (κ3) is 4.58. The minimum Gasteiger partial charge on any atom is -0.480 e. The molecule has 1 aliphatic heterocycles. The Kier molecular flexibility index (Phi) is 5.53. The monoisotopic (exact) mass is 402 g/mol. The molecule has 1 aromatic carbocycles. The molecule has 0 radical (unpaired) electrons. The quantitative estimate of drug-likeness (QED) is 0.560. The van der Waals surface area contributed by atoms with Gasteiger partial charge in [-0.15, -0.1) is 5.53 Å². The standard InChI is InChI=1S/C13H12F6N4O4/c1-27-11(26)23-21-8(9(10(24)25)20-22-23)5-2-6(12(14,15)16)4-7(3-5)13(17,18)19/h2-4,8-9,20-22H,1H3,(H,24,25). The Hall–Kier alpha value is -2.58. The first-order chi connectivity index (χ1) is 12.3. The van der Waals surface area contributed by atoms with E-state index in [4.69, 9.17) is 0 Å². The molecule has 2 atom stereocenters. The molecule has 2 unspecified atom stereocenters. The SMILES string of the molecule is COC(=O)N1NNC(C(=O)O)C(c2cc(C(F)(F)F)cc(C(F)(F)F)c2)N1. The van der Waals surface area contributed by atoms with Crippen LogP contribution in [0, 0.1) is 0 Å². The molecule has 1 amide bonds. The van der Waals surface area contributed by atoms with E-state index in [9.17, 15) is 41.0 Å². The van der Waals surface area contributed by atoms with Crippen LogP contribution in [0.5, 0.6) is 0 Å². The third-order valence-corrected chi connectivity index (χ3v) is 3.53. The van der Waals surface area contributed by atoms with Crippen LogP contribution in [0.15, 0.2) is 18.2 Å². The molecule has 1 aromatic rings. The zero-order valence-corrected chi connectivity index (χ0v) is 13.3. The van der Waals surface area contributed by atoms with Gasteiger partial charge in [0.15, 0.2) is 0 Å². The summed E-state index contributed by atoms with van der Waals surface area (Å²) in [6, 6.07) is -2.75. The average Bonchev–Trinajstić information content (AvgIpc) is 2.58. The molecule has 0 aromatic heterocycles. The Balaban J connectivity index is 2.56. The Labute approximate surface area is 147 Å². The molecule has 1 heterocycles. The Morgan fingerprint density at radius 3 is 2.00 bits per heavy atom. The number of benzene rings is 1. The second kappa shape index (κ2) is 7.21. The maximum atomic E-state index is 13.0. The molecule has 14 heteroatoms. The zero-order valence-electron chi connectivity index (χ0n) is 13.3. The summed E-state index contributed by atoms with van der Waals surface area (Å²) in [5.74, 6) is -1.60. The summed E-state index contributed by atoms with van der Waals surface area (Å²) in [4.78, 5) is 22.8. The molecule has 1 fully saturated rings. The van der Waals surface area contributed by atoms with Gasteiger partial charge in [0.2, 0.25) is 0 Å². The van der Waals surface area contributed by atoms with E-state index in [1.807, 2.05) is 0 Å². The number of halogens is 6. The zero-order chi connectivity index (χ0) is 20.6. The molecule has 1 saturated heterocycles. The van der Waals surface area contributed by atoms with Gasteiger partial charge in [-0.3, -0.25) is 4.79 Å². The number of amides is 1. The summed E-state index contributed by atoms with van der Waals surface area (Å²) < 4.78 is 82.4. The summed E-state index contributed by atoms with van der Waals surface area (Å²) in [5.41, 5.74) is 2.43. The predicted molar refractivity (Wildman–Crippen MR) is 74.3 cm³/mol. The lowest BCUT2D eigenvalue weighted by molar-refractivity contribution is -0.144. The maximum Gasteiger partial charge on any atom is 0.440 e. The average molecular weight is 402 g/mol. The van der Waals surface area contributed by atoms with Gasteiger partial charge in [0.05, 0.1) is 24.3 Å². The van der Waals surface area contributed by atoms with Crippen molar-refractivity contribution >= 4 is 12.1 Å². The molecule has 2 rings (SSSR count). The van der Waals surface area contributed by atoms with E-state index < -0.39 is 53.2 Å². The van der Waals surface area contributed by atoms with Crippen LogP contribution in [-0.4, -0.2) is 35.4 Å². The van der Waals surface area contributed by atoms with Crippen molar-refractivity contribution in [3.63, 3.8) is 0 Å². The number of hydrogen-bond donors (Lipinski definition) is 4. The molecular weight excluding hydrogens is 390 g/mol. The predicted octanol–water partition coefficient (Wildman–Crippen LogP) is 1.81. The van der Waals surface area contributed by atoms with Crippen molar-refractivity contribution in [1.82, 2.24) is 21.5 Å². The smallest absolute Gasteiger partial charge is 0.440 e. The van der Waals surface area contributed by atoms with Gasteiger partial charge in [-0.2, -0.15) is 31.5 Å². The molecule has 4 N–H and O–H groups in total. The molecule has 0 spiro atoms. The van der Waals surface area contributed by atoms with Gasteiger partial charge in [0.1, 0.15) is 6.04 Å². The number of carboxylic acids is 1. The van der Waals surface area contributed by atoms with Gasteiger partial charge in [-0.25, -0.2) is 15.6 Å². The number of nitrogens with zero attached hydrogens (tertiary/aromatic N) is 1. The highest BCUT2D eigenvalue weighted by Gasteiger charge is 2.41. The number of carboxylic acid groups (broad SMARTS) is 1. The van der Waals surface area contributed by atoms with Gasteiger partial charge in [0, 0.05) is 0 Å². The van der Waals surface area contributed by atoms with E-state index in [0.29, 0.717) is 17.3 Å². The number of hydrazine groups is 3. The lowest BCUT2D eigenvalue weighted by atomic mass is 9.95. The van der Waals surface area contributed by atoms with Crippen LogP contribution >= 0.6 is 0 Å². The van der Waals surface area contributed by atoms with Gasteiger partial charge in [0.25, 0.3) is 0 Å². The van der Waals surface area contributed by atoms with E-state index in [1.165, 1.54) is 0 Å². The van der Waals surface area contributed by atoms with E-state index in [0.717, 1.165) is 7.11 Å². The molecule has 27 heavy (non-hydrogen) atoms. The topological polar surface area (TPSA) is 103 Å². The van der Waals surface area contributed by atoms with Crippen LogP contribution in [0.2, 0.25) is 0 Å². The lowest BCUT2D eigenvalue weighted by Gasteiger charge is -2.38. The largest absolute Gasteiger partial charge is 0.480 e. The van der Waals surface area contributed by atoms with Crippen LogP contribution in [0.3, 0.4) is 0 Å². The molecule has 0 aliphatic carbocycles. The second-order valence-electron chi connectivity index (χ2n) is 5.32. The van der Waals surface area contributed by atoms with Crippen molar-refractivity contribution in [3.05, 3.63) is 34.9 Å². The van der Waals surface area contributed by atoms with Crippen LogP contribution in [0.4, 0.5) is 31.1 Å². The fourth-order valence-corrected chi connectivity index (χ4v) is 2.28. The molecule has 8 nitrogen and oxygen atoms in total. The number of hydrogen-bond acceptors (Lipinski definition) is 6. The van der Waals surface area contributed by atoms with Crippen molar-refractivity contribution in [1.29, 1.82) is 0 Å². The highest BCUT2D eigenvalue weighted by Crippen LogP contribution is 2.38. The number of methoxy groups -OCH3 is 1. The van der Waals surface area contributed by atoms with Crippen LogP contribution < -0.4 is 16.4 Å². The molecule has 0 bridgehead atoms. The molecule has 150 valence electrons. The van der Waals surface area contributed by atoms with E-state index >= 15 is 0 Å². The number of ether oxygens (including phenoxy) is 1. The summed E-state index contributed by atoms with van der Waals surface area (Å²) in [5, 5.41) is 9.63. The summed E-state index contributed by atoms with van der Waals surface area (Å²) in [6.45, 7) is 0. The third-order valence-electron chi connectivity index (χ3n) is 3.53. The lowest BCUT2D eigenvalue weighted by Crippen LogP contribution is -2.69. The fourth-order valence-electron chi connectivity index (χ4n) is 2.28. The normalized spacial score (nSPS) is 21.1. The minimum absolute atomic E-state index is 0.0914. The number of aliphatic carboxylic acids is 1. The summed E-state index contributed by atoms with van der Waals surface area (Å²) in [6.07, 6.45) is -11.4. The van der Waals surface area contributed by atoms with Crippen molar-refractivity contribution in [2.45, 2.75) is 24.4 Å². The van der Waals surface area contributed by atoms with Crippen molar-refractivity contribution < 1.29 is 45.8 Å². The molecule has 0 saturated carbocycles. The van der Waals surface area contributed by atoms with Gasteiger partial charge in [-0.1, -0.05) is 0 Å². The van der Waals surface area contributed by atoms with E-state index in [-0.39, 0.29) is 6.07 Å². The van der Waals surface area contributed by atoms with Crippen LogP contribution in [0.1, 0.15) is 22.7 Å². The number of rotatable bonds is 2. The summed E-state index contributed by atoms with van der Waals surface area (Å²) >= 11 is 0. The van der Waals surface area contributed by atoms with Crippen LogP contribution in [-0.2, 0) is 21.9 Å². The van der Waals surface area contributed by atoms with Gasteiger partial charge in [-0.05, 0) is 23.8 Å². The van der Waals surface area contributed by atoms with Gasteiger partial charge >= 0.3 is 24.4 Å². The maximum absolute atomic E-state index is 13.0. The number of carbonyl (C=O) groups excluding carboxylic acids is 1. The van der Waals surface area contributed by atoms with Crippen molar-refractivity contribution in [2.75, 3.05) is 7.11 Å².